The van der Waals surface area contributed by atoms with E-state index < -0.39 is 0 Å². The summed E-state index contributed by atoms with van der Waals surface area (Å²) >= 11 is 0. The van der Waals surface area contributed by atoms with Gasteiger partial charge >= 0.3 is 0 Å². The van der Waals surface area contributed by atoms with Gasteiger partial charge in [-0.25, -0.2) is 0 Å². The van der Waals surface area contributed by atoms with Crippen LogP contribution in [0.2, 0.25) is 0 Å². The van der Waals surface area contributed by atoms with Crippen LogP contribution < -0.4 is 20.5 Å². The summed E-state index contributed by atoms with van der Waals surface area (Å²) in [5.74, 6) is 1.66. The van der Waals surface area contributed by atoms with Crippen LogP contribution in [0, 0.1) is 0 Å². The van der Waals surface area contributed by atoms with E-state index in [1.807, 2.05) is 12.1 Å². The summed E-state index contributed by atoms with van der Waals surface area (Å²) in [6, 6.07) is 6.04. The van der Waals surface area contributed by atoms with Gasteiger partial charge < -0.3 is 20.5 Å². The molecule has 5 nitrogen and oxygen atoms in total. The van der Waals surface area contributed by atoms with Crippen LogP contribution in [0.15, 0.2) is 18.2 Å². The normalized spacial score (nSPS) is 18.1. The molecule has 1 aromatic carbocycles. The fourth-order valence-electron chi connectivity index (χ4n) is 3.40. The van der Waals surface area contributed by atoms with Crippen molar-refractivity contribution in [2.75, 3.05) is 19.8 Å². The molecule has 1 saturated carbocycles. The van der Waals surface area contributed by atoms with E-state index in [0.29, 0.717) is 26.2 Å². The van der Waals surface area contributed by atoms with E-state index in [2.05, 4.69) is 11.4 Å². The van der Waals surface area contributed by atoms with Crippen molar-refractivity contribution in [3.63, 3.8) is 0 Å². The molecule has 23 heavy (non-hydrogen) atoms. The van der Waals surface area contributed by atoms with Gasteiger partial charge in [-0.3, -0.25) is 4.79 Å². The van der Waals surface area contributed by atoms with Crippen molar-refractivity contribution in [2.24, 2.45) is 5.73 Å². The van der Waals surface area contributed by atoms with Gasteiger partial charge in [0.25, 0.3) is 0 Å². The van der Waals surface area contributed by atoms with Crippen LogP contribution in [-0.4, -0.2) is 25.7 Å². The van der Waals surface area contributed by atoms with Crippen LogP contribution in [-0.2, 0) is 10.3 Å². The molecule has 1 fully saturated rings. The Balaban J connectivity index is 0.00000192. The summed E-state index contributed by atoms with van der Waals surface area (Å²) in [7, 11) is 0. The summed E-state index contributed by atoms with van der Waals surface area (Å²) in [5, 5.41) is 3.26. The zero-order valence-corrected chi connectivity index (χ0v) is 14.1. The molecule has 2 aliphatic rings. The van der Waals surface area contributed by atoms with Crippen LogP contribution in [0.4, 0.5) is 0 Å². The number of carbonyl (C=O) groups excluding carboxylic acids is 1. The second-order valence-electron chi connectivity index (χ2n) is 6.09. The number of nitrogens with two attached hydrogens (primary N) is 1. The van der Waals surface area contributed by atoms with Crippen molar-refractivity contribution in [3.8, 4) is 11.5 Å². The zero-order valence-electron chi connectivity index (χ0n) is 13.3. The summed E-state index contributed by atoms with van der Waals surface area (Å²) in [6.45, 7) is 1.71. The number of benzene rings is 1. The lowest BCUT2D eigenvalue weighted by molar-refractivity contribution is -0.123. The van der Waals surface area contributed by atoms with Gasteiger partial charge in [-0.05, 0) is 43.5 Å². The van der Waals surface area contributed by atoms with Crippen LogP contribution in [0.5, 0.6) is 11.5 Å². The summed E-state index contributed by atoms with van der Waals surface area (Å²) in [6.07, 6.45) is 5.42. The predicted octanol–water partition coefficient (Wildman–Crippen LogP) is 2.50. The minimum Gasteiger partial charge on any atom is -0.486 e. The van der Waals surface area contributed by atoms with Gasteiger partial charge in [0.05, 0.1) is 5.54 Å². The zero-order chi connectivity index (χ0) is 15.4. The maximum absolute atomic E-state index is 12.2. The molecular formula is C17H25ClN2O3. The minimum atomic E-state index is -0.262. The highest BCUT2D eigenvalue weighted by Gasteiger charge is 2.37. The number of ether oxygens (including phenoxy) is 2. The Morgan fingerprint density at radius 1 is 1.17 bits per heavy atom. The smallest absolute Gasteiger partial charge is 0.220 e. The van der Waals surface area contributed by atoms with E-state index in [1.54, 1.807) is 0 Å². The molecule has 0 atom stereocenters. The lowest BCUT2D eigenvalue weighted by Gasteiger charge is -2.32. The molecular weight excluding hydrogens is 316 g/mol. The van der Waals surface area contributed by atoms with E-state index in [9.17, 15) is 4.79 Å². The average Bonchev–Trinajstić information content (AvgIpc) is 3.02. The maximum Gasteiger partial charge on any atom is 0.220 e. The van der Waals surface area contributed by atoms with Crippen molar-refractivity contribution < 1.29 is 14.3 Å². The Morgan fingerprint density at radius 2 is 1.87 bits per heavy atom. The number of rotatable bonds is 5. The Labute approximate surface area is 143 Å². The van der Waals surface area contributed by atoms with E-state index >= 15 is 0 Å². The molecule has 0 bridgehead atoms. The van der Waals surface area contributed by atoms with Gasteiger partial charge in [0.2, 0.25) is 5.91 Å². The summed E-state index contributed by atoms with van der Waals surface area (Å²) in [5.41, 5.74) is 6.35. The minimum absolute atomic E-state index is 0. The SMILES string of the molecule is Cl.NCCCC(=O)NC1(c2ccc3c(c2)OCCO3)CCCC1. The van der Waals surface area contributed by atoms with Crippen LogP contribution in [0.3, 0.4) is 0 Å². The topological polar surface area (TPSA) is 73.6 Å². The summed E-state index contributed by atoms with van der Waals surface area (Å²) in [4.78, 5) is 12.2. The van der Waals surface area contributed by atoms with Crippen molar-refractivity contribution in [3.05, 3.63) is 23.8 Å². The Morgan fingerprint density at radius 3 is 2.57 bits per heavy atom. The fraction of sp³-hybridized carbons (Fsp3) is 0.588. The van der Waals surface area contributed by atoms with Crippen molar-refractivity contribution in [1.29, 1.82) is 0 Å². The van der Waals surface area contributed by atoms with E-state index in [-0.39, 0.29) is 23.9 Å². The molecule has 0 saturated heterocycles. The Kier molecular flexibility index (Phi) is 6.13. The predicted molar refractivity (Wildman–Crippen MR) is 91.3 cm³/mol. The first kappa shape index (κ1) is 17.9. The number of carbonyl (C=O) groups is 1. The second-order valence-corrected chi connectivity index (χ2v) is 6.09. The quantitative estimate of drug-likeness (QED) is 0.863. The van der Waals surface area contributed by atoms with Crippen molar-refractivity contribution in [2.45, 2.75) is 44.1 Å². The van der Waals surface area contributed by atoms with E-state index in [1.165, 1.54) is 0 Å². The third-order valence-corrected chi connectivity index (χ3v) is 4.54. The third kappa shape index (κ3) is 3.90. The molecule has 0 aromatic heterocycles. The first-order valence-corrected chi connectivity index (χ1v) is 8.15. The first-order chi connectivity index (χ1) is 10.7. The highest BCUT2D eigenvalue weighted by atomic mass is 35.5. The molecule has 1 amide bonds. The number of amides is 1. The Bertz CT molecular complexity index is 545. The van der Waals surface area contributed by atoms with Gasteiger partial charge in [-0.15, -0.1) is 12.4 Å². The molecule has 0 spiro atoms. The second kappa shape index (κ2) is 7.88. The first-order valence-electron chi connectivity index (χ1n) is 8.15. The van der Waals surface area contributed by atoms with Gasteiger partial charge in [-0.1, -0.05) is 18.9 Å². The van der Waals surface area contributed by atoms with Gasteiger partial charge in [0.1, 0.15) is 13.2 Å². The van der Waals surface area contributed by atoms with Crippen molar-refractivity contribution in [1.82, 2.24) is 5.32 Å². The van der Waals surface area contributed by atoms with Crippen LogP contribution in [0.25, 0.3) is 0 Å². The standard InChI is InChI=1S/C17H24N2O3.ClH/c18-9-3-4-16(20)19-17(7-1-2-8-17)13-5-6-14-15(12-13)22-11-10-21-14;/h5-6,12H,1-4,7-11,18H2,(H,19,20);1H. The van der Waals surface area contributed by atoms with Gasteiger partial charge in [0.15, 0.2) is 11.5 Å². The number of fused-ring (bicyclic) bond motifs is 1. The Hall–Kier alpha value is -1.46. The van der Waals surface area contributed by atoms with Crippen molar-refractivity contribution >= 4 is 18.3 Å². The molecule has 1 heterocycles. The molecule has 6 heteroatoms. The molecule has 3 N–H and O–H groups in total. The number of halogens is 1. The van der Waals surface area contributed by atoms with Gasteiger partial charge in [-0.2, -0.15) is 0 Å². The van der Waals surface area contributed by atoms with Crippen LogP contribution in [0.1, 0.15) is 44.1 Å². The fourth-order valence-corrected chi connectivity index (χ4v) is 3.40. The average molecular weight is 341 g/mol. The molecule has 1 aliphatic carbocycles. The molecule has 0 unspecified atom stereocenters. The summed E-state index contributed by atoms with van der Waals surface area (Å²) < 4.78 is 11.3. The monoisotopic (exact) mass is 340 g/mol. The number of nitrogens with one attached hydrogen (secondary N) is 1. The van der Waals surface area contributed by atoms with Gasteiger partial charge in [0, 0.05) is 6.42 Å². The lowest BCUT2D eigenvalue weighted by atomic mass is 9.87. The maximum atomic E-state index is 12.2. The van der Waals surface area contributed by atoms with Crippen LogP contribution >= 0.6 is 12.4 Å². The third-order valence-electron chi connectivity index (χ3n) is 4.54. The largest absolute Gasteiger partial charge is 0.486 e. The highest BCUT2D eigenvalue weighted by Crippen LogP contribution is 2.42. The number of hydrogen-bond acceptors (Lipinski definition) is 4. The molecule has 128 valence electrons. The molecule has 1 aromatic rings. The molecule has 1 aliphatic heterocycles. The molecule has 0 radical (unpaired) electrons. The lowest BCUT2D eigenvalue weighted by Crippen LogP contribution is -2.43. The van der Waals surface area contributed by atoms with E-state index in [0.717, 1.165) is 49.2 Å². The van der Waals surface area contributed by atoms with E-state index in [4.69, 9.17) is 15.2 Å². The highest BCUT2D eigenvalue weighted by molar-refractivity contribution is 5.85. The molecule has 3 rings (SSSR count). The number of hydrogen-bond donors (Lipinski definition) is 2.